The van der Waals surface area contributed by atoms with E-state index in [9.17, 15) is 0 Å². The van der Waals surface area contributed by atoms with E-state index >= 15 is 0 Å². The Kier molecular flexibility index (Phi) is 3.83. The van der Waals surface area contributed by atoms with E-state index in [-0.39, 0.29) is 6.04 Å². The van der Waals surface area contributed by atoms with Crippen LogP contribution in [-0.4, -0.2) is 10.2 Å². The molecule has 1 aromatic carbocycles. The van der Waals surface area contributed by atoms with Crippen LogP contribution in [0.15, 0.2) is 34.7 Å². The van der Waals surface area contributed by atoms with E-state index in [1.807, 2.05) is 30.3 Å². The van der Waals surface area contributed by atoms with Gasteiger partial charge in [-0.25, -0.2) is 0 Å². The maximum absolute atomic E-state index is 6.18. The smallest absolute Gasteiger partial charge is 0.237 e. The third-order valence-electron chi connectivity index (χ3n) is 4.25. The van der Waals surface area contributed by atoms with Crippen molar-refractivity contribution in [2.24, 2.45) is 11.7 Å². The first kappa shape index (κ1) is 13.3. The average molecular weight is 271 g/mol. The van der Waals surface area contributed by atoms with Gasteiger partial charge in [0.25, 0.3) is 0 Å². The fourth-order valence-corrected chi connectivity index (χ4v) is 2.85. The summed E-state index contributed by atoms with van der Waals surface area (Å²) in [5, 5.41) is 8.36. The highest BCUT2D eigenvalue weighted by molar-refractivity contribution is 5.22. The Bertz CT molecular complexity index is 544. The summed E-state index contributed by atoms with van der Waals surface area (Å²) < 4.78 is 5.83. The standard InChI is InChI=1S/C16H21N3O/c1-11-7-9-13(10-8-11)15-18-19-16(20-15)14(17)12-5-3-2-4-6-12/h2-6,11,13-14H,7-10,17H2,1H3. The minimum Gasteiger partial charge on any atom is -0.423 e. The molecule has 1 fully saturated rings. The minimum atomic E-state index is -0.333. The summed E-state index contributed by atoms with van der Waals surface area (Å²) in [5.74, 6) is 2.51. The number of benzene rings is 1. The topological polar surface area (TPSA) is 64.9 Å². The zero-order valence-corrected chi connectivity index (χ0v) is 11.8. The third-order valence-corrected chi connectivity index (χ3v) is 4.25. The van der Waals surface area contributed by atoms with Crippen molar-refractivity contribution in [1.82, 2.24) is 10.2 Å². The van der Waals surface area contributed by atoms with Gasteiger partial charge in [0.05, 0.1) is 0 Å². The molecule has 1 aliphatic carbocycles. The van der Waals surface area contributed by atoms with Crippen molar-refractivity contribution < 1.29 is 4.42 Å². The number of nitrogens with two attached hydrogens (primary N) is 1. The molecule has 4 heteroatoms. The van der Waals surface area contributed by atoms with Crippen LogP contribution >= 0.6 is 0 Å². The van der Waals surface area contributed by atoms with Crippen LogP contribution in [0.4, 0.5) is 0 Å². The lowest BCUT2D eigenvalue weighted by atomic mass is 9.83. The quantitative estimate of drug-likeness (QED) is 0.929. The van der Waals surface area contributed by atoms with Crippen molar-refractivity contribution in [2.75, 3.05) is 0 Å². The molecule has 1 heterocycles. The second-order valence-corrected chi connectivity index (χ2v) is 5.82. The van der Waals surface area contributed by atoms with Crippen molar-refractivity contribution in [3.8, 4) is 0 Å². The van der Waals surface area contributed by atoms with Gasteiger partial charge in [-0.15, -0.1) is 10.2 Å². The summed E-state index contributed by atoms with van der Waals surface area (Å²) in [5.41, 5.74) is 7.18. The van der Waals surface area contributed by atoms with Crippen molar-refractivity contribution in [3.63, 3.8) is 0 Å². The van der Waals surface area contributed by atoms with Crippen molar-refractivity contribution >= 4 is 0 Å². The summed E-state index contributed by atoms with van der Waals surface area (Å²) in [6, 6.07) is 9.54. The molecule has 3 rings (SSSR count). The van der Waals surface area contributed by atoms with Gasteiger partial charge in [0, 0.05) is 5.92 Å². The molecule has 1 saturated carbocycles. The summed E-state index contributed by atoms with van der Waals surface area (Å²) in [6.07, 6.45) is 4.77. The third kappa shape index (κ3) is 2.75. The zero-order valence-electron chi connectivity index (χ0n) is 11.8. The molecule has 0 amide bonds. The van der Waals surface area contributed by atoms with Crippen LogP contribution in [0.2, 0.25) is 0 Å². The Morgan fingerprint density at radius 2 is 1.80 bits per heavy atom. The predicted octanol–water partition coefficient (Wildman–Crippen LogP) is 3.41. The van der Waals surface area contributed by atoms with Crippen LogP contribution in [-0.2, 0) is 0 Å². The number of hydrogen-bond acceptors (Lipinski definition) is 4. The highest BCUT2D eigenvalue weighted by Crippen LogP contribution is 2.35. The lowest BCUT2D eigenvalue weighted by molar-refractivity contribution is 0.300. The van der Waals surface area contributed by atoms with Crippen molar-refractivity contribution in [2.45, 2.75) is 44.6 Å². The molecule has 20 heavy (non-hydrogen) atoms. The lowest BCUT2D eigenvalue weighted by Gasteiger charge is -2.23. The van der Waals surface area contributed by atoms with Crippen LogP contribution in [0.25, 0.3) is 0 Å². The molecular formula is C16H21N3O. The predicted molar refractivity (Wildman–Crippen MR) is 77.1 cm³/mol. The molecule has 0 aliphatic heterocycles. The Morgan fingerprint density at radius 1 is 1.10 bits per heavy atom. The second kappa shape index (κ2) is 5.75. The molecule has 0 radical (unpaired) electrons. The van der Waals surface area contributed by atoms with E-state index in [0.29, 0.717) is 11.8 Å². The Labute approximate surface area is 119 Å². The number of hydrogen-bond donors (Lipinski definition) is 1. The largest absolute Gasteiger partial charge is 0.423 e. The molecule has 2 N–H and O–H groups in total. The second-order valence-electron chi connectivity index (χ2n) is 5.82. The van der Waals surface area contributed by atoms with E-state index in [4.69, 9.17) is 10.2 Å². The van der Waals surface area contributed by atoms with Gasteiger partial charge in [-0.2, -0.15) is 0 Å². The monoisotopic (exact) mass is 271 g/mol. The van der Waals surface area contributed by atoms with E-state index in [1.165, 1.54) is 12.8 Å². The molecule has 0 saturated heterocycles. The summed E-state index contributed by atoms with van der Waals surface area (Å²) >= 11 is 0. The van der Waals surface area contributed by atoms with Gasteiger partial charge in [0.1, 0.15) is 6.04 Å². The van der Waals surface area contributed by atoms with E-state index in [1.54, 1.807) is 0 Å². The van der Waals surface area contributed by atoms with Gasteiger partial charge in [0.2, 0.25) is 11.8 Å². The van der Waals surface area contributed by atoms with E-state index in [2.05, 4.69) is 17.1 Å². The van der Waals surface area contributed by atoms with E-state index < -0.39 is 0 Å². The number of nitrogens with zero attached hydrogens (tertiary/aromatic N) is 2. The molecule has 1 unspecified atom stereocenters. The summed E-state index contributed by atoms with van der Waals surface area (Å²) in [4.78, 5) is 0. The molecular weight excluding hydrogens is 250 g/mol. The van der Waals surface area contributed by atoms with Crippen LogP contribution in [0.1, 0.15) is 61.9 Å². The van der Waals surface area contributed by atoms with E-state index in [0.717, 1.165) is 30.2 Å². The van der Waals surface area contributed by atoms with Crippen LogP contribution < -0.4 is 5.73 Å². The maximum Gasteiger partial charge on any atom is 0.237 e. The van der Waals surface area contributed by atoms with Gasteiger partial charge in [-0.3, -0.25) is 0 Å². The molecule has 106 valence electrons. The Morgan fingerprint density at radius 3 is 2.50 bits per heavy atom. The highest BCUT2D eigenvalue weighted by Gasteiger charge is 2.25. The van der Waals surface area contributed by atoms with Gasteiger partial charge >= 0.3 is 0 Å². The molecule has 0 spiro atoms. The molecule has 0 bridgehead atoms. The van der Waals surface area contributed by atoms with Gasteiger partial charge in [-0.05, 0) is 37.2 Å². The summed E-state index contributed by atoms with van der Waals surface area (Å²) in [7, 11) is 0. The van der Waals surface area contributed by atoms with Crippen molar-refractivity contribution in [1.29, 1.82) is 0 Å². The number of rotatable bonds is 3. The summed E-state index contributed by atoms with van der Waals surface area (Å²) in [6.45, 7) is 2.31. The zero-order chi connectivity index (χ0) is 13.9. The Balaban J connectivity index is 1.73. The van der Waals surface area contributed by atoms with Crippen LogP contribution in [0.5, 0.6) is 0 Å². The first-order chi connectivity index (χ1) is 9.74. The van der Waals surface area contributed by atoms with Crippen LogP contribution in [0, 0.1) is 5.92 Å². The maximum atomic E-state index is 6.18. The average Bonchev–Trinajstić information content (AvgIpc) is 2.98. The fraction of sp³-hybridized carbons (Fsp3) is 0.500. The van der Waals surface area contributed by atoms with Gasteiger partial charge in [0.15, 0.2) is 0 Å². The fourth-order valence-electron chi connectivity index (χ4n) is 2.85. The van der Waals surface area contributed by atoms with Gasteiger partial charge in [-0.1, -0.05) is 37.3 Å². The lowest BCUT2D eigenvalue weighted by Crippen LogP contribution is -2.12. The molecule has 2 aromatic rings. The number of aromatic nitrogens is 2. The molecule has 4 nitrogen and oxygen atoms in total. The first-order valence-electron chi connectivity index (χ1n) is 7.38. The normalized spacial score (nSPS) is 24.5. The SMILES string of the molecule is CC1CCC(c2nnc(C(N)c3ccccc3)o2)CC1. The molecule has 1 aliphatic rings. The Hall–Kier alpha value is -1.68. The van der Waals surface area contributed by atoms with Crippen LogP contribution in [0.3, 0.4) is 0 Å². The van der Waals surface area contributed by atoms with Gasteiger partial charge < -0.3 is 10.2 Å². The minimum absolute atomic E-state index is 0.333. The molecule has 1 atom stereocenters. The van der Waals surface area contributed by atoms with Crippen molar-refractivity contribution in [3.05, 3.63) is 47.7 Å². The first-order valence-corrected chi connectivity index (χ1v) is 7.38. The molecule has 1 aromatic heterocycles. The highest BCUT2D eigenvalue weighted by atomic mass is 16.4.